The Bertz CT molecular complexity index is 439. The lowest BCUT2D eigenvalue weighted by molar-refractivity contribution is -0.147. The third kappa shape index (κ3) is 3.90. The van der Waals surface area contributed by atoms with E-state index in [9.17, 15) is 15.0 Å². The Morgan fingerprint density at radius 3 is 2.63 bits per heavy atom. The van der Waals surface area contributed by atoms with E-state index in [0.29, 0.717) is 17.1 Å². The van der Waals surface area contributed by atoms with Gasteiger partial charge in [-0.3, -0.25) is 4.79 Å². The number of ether oxygens (including phenoxy) is 1. The Labute approximate surface area is 112 Å². The van der Waals surface area contributed by atoms with Crippen LogP contribution >= 0.6 is 0 Å². The number of aliphatic hydroxyl groups is 2. The third-order valence-corrected chi connectivity index (χ3v) is 2.82. The van der Waals surface area contributed by atoms with E-state index in [2.05, 4.69) is 4.98 Å². The van der Waals surface area contributed by atoms with E-state index in [1.54, 1.807) is 26.8 Å². The van der Waals surface area contributed by atoms with Gasteiger partial charge in [0.25, 0.3) is 0 Å². The van der Waals surface area contributed by atoms with Crippen molar-refractivity contribution in [1.29, 1.82) is 0 Å². The summed E-state index contributed by atoms with van der Waals surface area (Å²) in [7, 11) is 0. The molecule has 0 aliphatic carbocycles. The molecule has 1 rings (SSSR count). The largest absolute Gasteiger partial charge is 0.466 e. The summed E-state index contributed by atoms with van der Waals surface area (Å²) in [6, 6.07) is 1.61. The highest BCUT2D eigenvalue weighted by Crippen LogP contribution is 2.26. The van der Waals surface area contributed by atoms with Gasteiger partial charge in [0, 0.05) is 11.3 Å². The lowest BCUT2D eigenvalue weighted by Gasteiger charge is -2.21. The normalized spacial score (nSPS) is 13.9. The molecule has 0 amide bonds. The zero-order chi connectivity index (χ0) is 14.6. The van der Waals surface area contributed by atoms with E-state index in [1.807, 2.05) is 0 Å². The molecule has 1 aromatic rings. The fraction of sp³-hybridized carbons (Fsp3) is 0.538. The van der Waals surface area contributed by atoms with Crippen molar-refractivity contribution in [2.45, 2.75) is 39.4 Å². The topological polar surface area (TPSA) is 106 Å². The predicted octanol–water partition coefficient (Wildman–Crippen LogP) is 0.628. The molecule has 1 heterocycles. The maximum atomic E-state index is 11.3. The highest BCUT2D eigenvalue weighted by Gasteiger charge is 2.25. The van der Waals surface area contributed by atoms with Crippen LogP contribution in [0.25, 0.3) is 0 Å². The lowest BCUT2D eigenvalue weighted by Crippen LogP contribution is -2.24. The van der Waals surface area contributed by atoms with Crippen LogP contribution in [0.15, 0.2) is 6.07 Å². The van der Waals surface area contributed by atoms with Crippen molar-refractivity contribution in [3.8, 4) is 0 Å². The first-order chi connectivity index (χ1) is 8.86. The number of hydrogen-bond donors (Lipinski definition) is 3. The Morgan fingerprint density at radius 1 is 1.47 bits per heavy atom. The van der Waals surface area contributed by atoms with Gasteiger partial charge in [0.15, 0.2) is 0 Å². The van der Waals surface area contributed by atoms with Gasteiger partial charge in [-0.15, -0.1) is 0 Å². The molecule has 2 unspecified atom stereocenters. The number of aryl methyl sites for hydroxylation is 2. The summed E-state index contributed by atoms with van der Waals surface area (Å²) < 4.78 is 4.73. The van der Waals surface area contributed by atoms with E-state index < -0.39 is 18.2 Å². The molecular weight excluding hydrogens is 248 g/mol. The van der Waals surface area contributed by atoms with Crippen LogP contribution < -0.4 is 5.73 Å². The molecule has 0 bridgehead atoms. The number of rotatable bonds is 5. The SMILES string of the molecule is CCOC(=O)CC(O)C(O)c1c(C)cc(N)nc1C. The molecule has 0 aromatic carbocycles. The average molecular weight is 268 g/mol. The quantitative estimate of drug-likeness (QED) is 0.676. The average Bonchev–Trinajstić information content (AvgIpc) is 2.27. The van der Waals surface area contributed by atoms with Crippen molar-refractivity contribution < 1.29 is 19.7 Å². The number of nitrogens with two attached hydrogens (primary N) is 1. The molecule has 0 aliphatic rings. The van der Waals surface area contributed by atoms with Crippen molar-refractivity contribution in [3.63, 3.8) is 0 Å². The summed E-state index contributed by atoms with van der Waals surface area (Å²) in [5.74, 6) is -0.196. The Morgan fingerprint density at radius 2 is 2.11 bits per heavy atom. The molecule has 0 fully saturated rings. The Hall–Kier alpha value is -1.66. The van der Waals surface area contributed by atoms with Gasteiger partial charge in [0.2, 0.25) is 0 Å². The van der Waals surface area contributed by atoms with E-state index >= 15 is 0 Å². The molecule has 19 heavy (non-hydrogen) atoms. The highest BCUT2D eigenvalue weighted by molar-refractivity contribution is 5.70. The molecule has 4 N–H and O–H groups in total. The molecule has 6 heteroatoms. The first-order valence-corrected chi connectivity index (χ1v) is 6.12. The highest BCUT2D eigenvalue weighted by atomic mass is 16.5. The van der Waals surface area contributed by atoms with Crippen molar-refractivity contribution in [3.05, 3.63) is 22.9 Å². The molecular formula is C13H20N2O4. The number of aromatic nitrogens is 1. The number of nitrogens with zero attached hydrogens (tertiary/aromatic N) is 1. The maximum Gasteiger partial charge on any atom is 0.308 e. The number of carbonyl (C=O) groups excluding carboxylic acids is 1. The number of aliphatic hydroxyl groups excluding tert-OH is 2. The summed E-state index contributed by atoms with van der Waals surface area (Å²) in [4.78, 5) is 15.3. The monoisotopic (exact) mass is 268 g/mol. The third-order valence-electron chi connectivity index (χ3n) is 2.82. The second-order valence-corrected chi connectivity index (χ2v) is 4.38. The Balaban J connectivity index is 2.88. The molecule has 1 aromatic heterocycles. The number of nitrogen functional groups attached to an aromatic ring is 1. The standard InChI is InChI=1S/C13H20N2O4/c1-4-19-11(17)6-9(16)13(18)12-7(2)5-10(14)15-8(12)3/h5,9,13,16,18H,4,6H2,1-3H3,(H2,14,15). The maximum absolute atomic E-state index is 11.3. The van der Waals surface area contributed by atoms with Gasteiger partial charge < -0.3 is 20.7 Å². The Kier molecular flexibility index (Phi) is 5.26. The number of hydrogen-bond acceptors (Lipinski definition) is 6. The van der Waals surface area contributed by atoms with Gasteiger partial charge in [0.05, 0.1) is 19.1 Å². The molecule has 2 atom stereocenters. The summed E-state index contributed by atoms with van der Waals surface area (Å²) in [5, 5.41) is 20.0. The van der Waals surface area contributed by atoms with Gasteiger partial charge in [-0.25, -0.2) is 4.98 Å². The predicted molar refractivity (Wildman–Crippen MR) is 70.3 cm³/mol. The van der Waals surface area contributed by atoms with Crippen molar-refractivity contribution >= 4 is 11.8 Å². The van der Waals surface area contributed by atoms with Crippen molar-refractivity contribution in [2.24, 2.45) is 0 Å². The van der Waals surface area contributed by atoms with E-state index in [0.717, 1.165) is 5.56 Å². The number of carbonyl (C=O) groups is 1. The van der Waals surface area contributed by atoms with Crippen LogP contribution in [0, 0.1) is 13.8 Å². The van der Waals surface area contributed by atoms with E-state index in [4.69, 9.17) is 10.5 Å². The lowest BCUT2D eigenvalue weighted by atomic mass is 9.96. The smallest absolute Gasteiger partial charge is 0.308 e. The van der Waals surface area contributed by atoms with E-state index in [1.165, 1.54) is 0 Å². The minimum atomic E-state index is -1.23. The van der Waals surface area contributed by atoms with Crippen LogP contribution in [-0.4, -0.2) is 33.9 Å². The molecule has 0 spiro atoms. The van der Waals surface area contributed by atoms with Crippen LogP contribution in [0.2, 0.25) is 0 Å². The van der Waals surface area contributed by atoms with Crippen molar-refractivity contribution in [2.75, 3.05) is 12.3 Å². The van der Waals surface area contributed by atoms with Gasteiger partial charge in [-0.2, -0.15) is 0 Å². The molecule has 0 saturated heterocycles. The summed E-state index contributed by atoms with van der Waals surface area (Å²) in [5.41, 5.74) is 7.34. The van der Waals surface area contributed by atoms with Crippen LogP contribution in [0.5, 0.6) is 0 Å². The summed E-state index contributed by atoms with van der Waals surface area (Å²) in [6.45, 7) is 5.38. The second-order valence-electron chi connectivity index (χ2n) is 4.38. The number of anilines is 1. The van der Waals surface area contributed by atoms with Crippen LogP contribution in [-0.2, 0) is 9.53 Å². The van der Waals surface area contributed by atoms with Gasteiger partial charge in [0.1, 0.15) is 11.9 Å². The summed E-state index contributed by atoms with van der Waals surface area (Å²) >= 11 is 0. The zero-order valence-electron chi connectivity index (χ0n) is 11.4. The molecule has 106 valence electrons. The van der Waals surface area contributed by atoms with Crippen LogP contribution in [0.1, 0.15) is 36.3 Å². The molecule has 6 nitrogen and oxygen atoms in total. The minimum absolute atomic E-state index is 0.239. The minimum Gasteiger partial charge on any atom is -0.466 e. The zero-order valence-corrected chi connectivity index (χ0v) is 11.4. The molecule has 0 saturated carbocycles. The van der Waals surface area contributed by atoms with Gasteiger partial charge >= 0.3 is 5.97 Å². The van der Waals surface area contributed by atoms with Crippen LogP contribution in [0.3, 0.4) is 0 Å². The van der Waals surface area contributed by atoms with Gasteiger partial charge in [-0.1, -0.05) is 0 Å². The molecule has 0 radical (unpaired) electrons. The fourth-order valence-corrected chi connectivity index (χ4v) is 2.01. The number of pyridine rings is 1. The first kappa shape index (κ1) is 15.4. The first-order valence-electron chi connectivity index (χ1n) is 6.12. The van der Waals surface area contributed by atoms with Crippen LogP contribution in [0.4, 0.5) is 5.82 Å². The van der Waals surface area contributed by atoms with Crippen molar-refractivity contribution in [1.82, 2.24) is 4.98 Å². The second kappa shape index (κ2) is 6.49. The summed E-state index contributed by atoms with van der Waals surface area (Å²) in [6.07, 6.45) is -2.70. The van der Waals surface area contributed by atoms with E-state index in [-0.39, 0.29) is 13.0 Å². The van der Waals surface area contributed by atoms with Gasteiger partial charge in [-0.05, 0) is 32.4 Å². The fourth-order valence-electron chi connectivity index (χ4n) is 2.01. The molecule has 0 aliphatic heterocycles. The number of esters is 1.